The fraction of sp³-hybridized carbons (Fsp3) is 0.133. The van der Waals surface area contributed by atoms with Gasteiger partial charge in [0, 0.05) is 5.56 Å². The number of hydrogen-bond donors (Lipinski definition) is 1. The Balaban J connectivity index is 1.80. The molecule has 0 amide bonds. The molecular formula is C15H12ClN3O3S. The first-order valence-corrected chi connectivity index (χ1v) is 7.82. The van der Waals surface area contributed by atoms with Gasteiger partial charge in [0.05, 0.1) is 12.7 Å². The van der Waals surface area contributed by atoms with Crippen LogP contribution in [0, 0.1) is 0 Å². The van der Waals surface area contributed by atoms with Crippen molar-refractivity contribution < 1.29 is 14.3 Å². The Bertz CT molecular complexity index is 817. The molecule has 118 valence electrons. The molecule has 0 atom stereocenters. The molecule has 6 nitrogen and oxygen atoms in total. The van der Waals surface area contributed by atoms with Crippen molar-refractivity contribution >= 4 is 28.9 Å². The summed E-state index contributed by atoms with van der Waals surface area (Å²) in [5.74, 6) is 0.851. The van der Waals surface area contributed by atoms with Gasteiger partial charge >= 0.3 is 5.97 Å². The number of esters is 1. The van der Waals surface area contributed by atoms with Crippen LogP contribution in [0.4, 0.5) is 0 Å². The number of halogens is 1. The summed E-state index contributed by atoms with van der Waals surface area (Å²) in [4.78, 5) is 16.1. The van der Waals surface area contributed by atoms with Crippen molar-refractivity contribution in [3.8, 4) is 17.1 Å². The minimum atomic E-state index is -0.412. The molecule has 8 heteroatoms. The summed E-state index contributed by atoms with van der Waals surface area (Å²) >= 11 is 7.32. The number of H-pyrrole nitrogens is 1. The molecule has 1 aromatic carbocycles. The van der Waals surface area contributed by atoms with Gasteiger partial charge in [-0.3, -0.25) is 5.10 Å². The van der Waals surface area contributed by atoms with Gasteiger partial charge in [-0.05, 0) is 18.2 Å². The average Bonchev–Trinajstić information content (AvgIpc) is 3.22. The summed E-state index contributed by atoms with van der Waals surface area (Å²) in [5.41, 5.74) is 1.52. The van der Waals surface area contributed by atoms with Gasteiger partial charge in [0.2, 0.25) is 0 Å². The fourth-order valence-electron chi connectivity index (χ4n) is 1.99. The molecule has 23 heavy (non-hydrogen) atoms. The van der Waals surface area contributed by atoms with E-state index in [2.05, 4.69) is 19.9 Å². The highest BCUT2D eigenvalue weighted by Gasteiger charge is 2.15. The number of hydrogen-bond acceptors (Lipinski definition) is 6. The predicted octanol–water partition coefficient (Wildman–Crippen LogP) is 3.55. The maximum Gasteiger partial charge on any atom is 0.348 e. The van der Waals surface area contributed by atoms with Crippen LogP contribution in [0.3, 0.4) is 0 Å². The van der Waals surface area contributed by atoms with Crippen LogP contribution in [-0.4, -0.2) is 28.3 Å². The Morgan fingerprint density at radius 1 is 1.39 bits per heavy atom. The fourth-order valence-corrected chi connectivity index (χ4v) is 3.15. The van der Waals surface area contributed by atoms with Crippen molar-refractivity contribution in [3.63, 3.8) is 0 Å². The number of aromatic nitrogens is 3. The molecule has 0 saturated carbocycles. The Morgan fingerprint density at radius 3 is 2.96 bits per heavy atom. The van der Waals surface area contributed by atoms with E-state index in [0.717, 1.165) is 11.1 Å². The number of nitrogens with one attached hydrogen (secondary N) is 1. The topological polar surface area (TPSA) is 77.1 Å². The zero-order valence-corrected chi connectivity index (χ0v) is 13.6. The smallest absolute Gasteiger partial charge is 0.348 e. The number of aromatic amines is 1. The number of benzene rings is 1. The Labute approximate surface area is 141 Å². The number of carbonyl (C=O) groups is 1. The lowest BCUT2D eigenvalue weighted by Gasteiger charge is -2.09. The third kappa shape index (κ3) is 3.35. The van der Waals surface area contributed by atoms with E-state index in [-0.39, 0.29) is 6.61 Å². The normalized spacial score (nSPS) is 10.5. The summed E-state index contributed by atoms with van der Waals surface area (Å²) < 4.78 is 11.0. The zero-order chi connectivity index (χ0) is 16.2. The van der Waals surface area contributed by atoms with E-state index in [1.54, 1.807) is 6.07 Å². The number of thiophene rings is 1. The van der Waals surface area contributed by atoms with E-state index in [1.807, 2.05) is 24.3 Å². The van der Waals surface area contributed by atoms with Crippen LogP contribution in [0.15, 0.2) is 36.7 Å². The summed E-state index contributed by atoms with van der Waals surface area (Å²) in [6.07, 6.45) is 1.44. The van der Waals surface area contributed by atoms with Crippen molar-refractivity contribution in [2.24, 2.45) is 0 Å². The molecule has 0 radical (unpaired) electrons. The van der Waals surface area contributed by atoms with Crippen molar-refractivity contribution in [3.05, 3.63) is 51.4 Å². The minimum absolute atomic E-state index is 0.234. The van der Waals surface area contributed by atoms with Gasteiger partial charge < -0.3 is 9.47 Å². The number of nitrogens with zero attached hydrogens (tertiary/aromatic N) is 2. The van der Waals surface area contributed by atoms with Crippen molar-refractivity contribution in [1.29, 1.82) is 0 Å². The van der Waals surface area contributed by atoms with Crippen LogP contribution < -0.4 is 4.74 Å². The first kappa shape index (κ1) is 15.5. The SMILES string of the molecule is COC(=O)c1cc(COc2ccccc2-c2ncn[nH]2)c(Cl)s1. The lowest BCUT2D eigenvalue weighted by atomic mass is 10.2. The van der Waals surface area contributed by atoms with Gasteiger partial charge in [0.25, 0.3) is 0 Å². The molecule has 1 N–H and O–H groups in total. The first-order valence-electron chi connectivity index (χ1n) is 6.63. The number of para-hydroxylation sites is 1. The summed E-state index contributed by atoms with van der Waals surface area (Å²) in [7, 11) is 1.33. The van der Waals surface area contributed by atoms with Gasteiger partial charge in [0.15, 0.2) is 5.82 Å². The largest absolute Gasteiger partial charge is 0.488 e. The lowest BCUT2D eigenvalue weighted by Crippen LogP contribution is -1.99. The molecule has 0 saturated heterocycles. The highest BCUT2D eigenvalue weighted by Crippen LogP contribution is 2.31. The van der Waals surface area contributed by atoms with Gasteiger partial charge in [-0.15, -0.1) is 11.3 Å². The van der Waals surface area contributed by atoms with Crippen molar-refractivity contribution in [2.45, 2.75) is 6.61 Å². The Hall–Kier alpha value is -2.38. The molecule has 0 unspecified atom stereocenters. The molecule has 0 aliphatic heterocycles. The van der Waals surface area contributed by atoms with Crippen molar-refractivity contribution in [2.75, 3.05) is 7.11 Å². The highest BCUT2D eigenvalue weighted by molar-refractivity contribution is 7.18. The van der Waals surface area contributed by atoms with Crippen LogP contribution in [0.2, 0.25) is 4.34 Å². The van der Waals surface area contributed by atoms with E-state index in [9.17, 15) is 4.79 Å². The molecule has 0 aliphatic rings. The number of methoxy groups -OCH3 is 1. The third-order valence-electron chi connectivity index (χ3n) is 3.08. The Kier molecular flexibility index (Phi) is 4.59. The summed E-state index contributed by atoms with van der Waals surface area (Å²) in [6, 6.07) is 9.14. The van der Waals surface area contributed by atoms with Gasteiger partial charge in [0.1, 0.15) is 27.9 Å². The third-order valence-corrected chi connectivity index (χ3v) is 4.50. The van der Waals surface area contributed by atoms with Crippen LogP contribution in [0.1, 0.15) is 15.2 Å². The average molecular weight is 350 g/mol. The van der Waals surface area contributed by atoms with E-state index >= 15 is 0 Å². The molecule has 0 spiro atoms. The standard InChI is InChI=1S/C15H12ClN3O3S/c1-21-15(20)12-6-9(13(16)23-12)7-22-11-5-3-2-4-10(11)14-17-8-18-19-14/h2-6,8H,7H2,1H3,(H,17,18,19). The molecular weight excluding hydrogens is 338 g/mol. The maximum atomic E-state index is 11.5. The van der Waals surface area contributed by atoms with Crippen LogP contribution in [0.25, 0.3) is 11.4 Å². The molecule has 2 heterocycles. The quantitative estimate of drug-likeness (QED) is 0.713. The number of rotatable bonds is 5. The van der Waals surface area contributed by atoms with Gasteiger partial charge in [-0.2, -0.15) is 5.10 Å². The van der Waals surface area contributed by atoms with E-state index in [4.69, 9.17) is 16.3 Å². The van der Waals surface area contributed by atoms with Crippen LogP contribution >= 0.6 is 22.9 Å². The molecule has 2 aromatic heterocycles. The highest BCUT2D eigenvalue weighted by atomic mass is 35.5. The Morgan fingerprint density at radius 2 is 2.22 bits per heavy atom. The van der Waals surface area contributed by atoms with Crippen LogP contribution in [0.5, 0.6) is 5.75 Å². The van der Waals surface area contributed by atoms with Gasteiger partial charge in [-0.25, -0.2) is 9.78 Å². The second kappa shape index (κ2) is 6.80. The zero-order valence-electron chi connectivity index (χ0n) is 12.1. The predicted molar refractivity (Wildman–Crippen MR) is 86.8 cm³/mol. The number of carbonyl (C=O) groups excluding carboxylic acids is 1. The van der Waals surface area contributed by atoms with E-state index in [0.29, 0.717) is 20.8 Å². The van der Waals surface area contributed by atoms with Crippen LogP contribution in [-0.2, 0) is 11.3 Å². The molecule has 0 fully saturated rings. The van der Waals surface area contributed by atoms with E-state index in [1.165, 1.54) is 24.8 Å². The summed E-state index contributed by atoms with van der Waals surface area (Å²) in [5, 5.41) is 6.65. The monoisotopic (exact) mass is 349 g/mol. The second-order valence-electron chi connectivity index (χ2n) is 4.52. The maximum absolute atomic E-state index is 11.5. The first-order chi connectivity index (χ1) is 11.2. The second-order valence-corrected chi connectivity index (χ2v) is 6.17. The molecule has 0 aliphatic carbocycles. The summed E-state index contributed by atoms with van der Waals surface area (Å²) in [6.45, 7) is 0.234. The lowest BCUT2D eigenvalue weighted by molar-refractivity contribution is 0.0606. The molecule has 3 aromatic rings. The molecule has 3 rings (SSSR count). The minimum Gasteiger partial charge on any atom is -0.488 e. The van der Waals surface area contributed by atoms with E-state index < -0.39 is 5.97 Å². The van der Waals surface area contributed by atoms with Gasteiger partial charge in [-0.1, -0.05) is 23.7 Å². The molecule has 0 bridgehead atoms. The number of ether oxygens (including phenoxy) is 2. The van der Waals surface area contributed by atoms with Crippen molar-refractivity contribution in [1.82, 2.24) is 15.2 Å².